The predicted octanol–water partition coefficient (Wildman–Crippen LogP) is -1.26. The van der Waals surface area contributed by atoms with Gasteiger partial charge in [0, 0.05) is 70.6 Å². The van der Waals surface area contributed by atoms with Crippen LogP contribution >= 0.6 is 0 Å². The summed E-state index contributed by atoms with van der Waals surface area (Å²) in [6.07, 6.45) is 0. The van der Waals surface area contributed by atoms with E-state index in [1.54, 1.807) is 0 Å². The van der Waals surface area contributed by atoms with E-state index in [0.717, 1.165) is 0 Å². The molecule has 0 heterocycles. The molecule has 0 saturated heterocycles. The van der Waals surface area contributed by atoms with Gasteiger partial charge in [-0.15, -0.1) is 0 Å². The third kappa shape index (κ3) is 8.94. The Kier molecular flexibility index (Phi) is 176. The SMILES string of the molecule is [Ge].[O].[Sn].[Te]. The zero-order valence-electron chi connectivity index (χ0n) is 1.82. The summed E-state index contributed by atoms with van der Waals surface area (Å²) in [6.45, 7) is 0. The molecule has 0 saturated carbocycles. The second-order valence-corrected chi connectivity index (χ2v) is 0. The van der Waals surface area contributed by atoms with Crippen molar-refractivity contribution in [3.8, 4) is 0 Å². The van der Waals surface area contributed by atoms with Crippen LogP contribution in [0.5, 0.6) is 0 Å². The molecule has 4 heteroatoms. The molecule has 0 atom stereocenters. The van der Waals surface area contributed by atoms with E-state index in [4.69, 9.17) is 0 Å². The van der Waals surface area contributed by atoms with Crippen LogP contribution in [0.2, 0.25) is 0 Å². The van der Waals surface area contributed by atoms with Crippen molar-refractivity contribution < 1.29 is 5.48 Å². The molecule has 4 heavy (non-hydrogen) atoms. The Hall–Kier alpha value is 2.09. The van der Waals surface area contributed by atoms with Crippen molar-refractivity contribution in [3.05, 3.63) is 0 Å². The third-order valence-corrected chi connectivity index (χ3v) is 0. The summed E-state index contributed by atoms with van der Waals surface area (Å²) in [7, 11) is 0. The number of hydrogen-bond acceptors (Lipinski definition) is 0. The quantitative estimate of drug-likeness (QED) is 0.495. The fraction of sp³-hybridized carbons (Fsp3) is 0. The van der Waals surface area contributed by atoms with Crippen molar-refractivity contribution >= 4 is 65.2 Å². The largest absolute Gasteiger partial charge is 0 e. The van der Waals surface area contributed by atoms with Crippen LogP contribution in [0.25, 0.3) is 0 Å². The minimum atomic E-state index is 0. The van der Waals surface area contributed by atoms with Gasteiger partial charge in [-0.1, -0.05) is 0 Å². The molecular formula is GeOSnTe. The van der Waals surface area contributed by atoms with E-state index in [1.807, 2.05) is 0 Å². The van der Waals surface area contributed by atoms with Gasteiger partial charge in [-0.05, 0) is 0 Å². The molecule has 0 aromatic heterocycles. The fourth-order valence-corrected chi connectivity index (χ4v) is 0. The van der Waals surface area contributed by atoms with E-state index >= 15 is 0 Å². The van der Waals surface area contributed by atoms with Crippen LogP contribution in [-0.4, -0.2) is 65.2 Å². The molecule has 0 spiro atoms. The molecule has 0 aliphatic carbocycles. The molecule has 0 aliphatic heterocycles. The van der Waals surface area contributed by atoms with Gasteiger partial charge in [-0.3, -0.25) is 0 Å². The molecule has 1 nitrogen and oxygen atoms in total. The molecule has 0 unspecified atom stereocenters. The van der Waals surface area contributed by atoms with Gasteiger partial charge in [0.25, 0.3) is 0 Å². The third-order valence-electron chi connectivity index (χ3n) is 0. The van der Waals surface area contributed by atoms with E-state index in [0.29, 0.717) is 0 Å². The van der Waals surface area contributed by atoms with E-state index in [-0.39, 0.29) is 70.6 Å². The van der Waals surface area contributed by atoms with Crippen molar-refractivity contribution in [2.45, 2.75) is 0 Å². The summed E-state index contributed by atoms with van der Waals surface area (Å²) in [4.78, 5) is 0. The summed E-state index contributed by atoms with van der Waals surface area (Å²) in [5.41, 5.74) is 0. The van der Waals surface area contributed by atoms with Crippen LogP contribution in [0.15, 0.2) is 0 Å². The molecule has 0 rings (SSSR count). The fourth-order valence-electron chi connectivity index (χ4n) is 0. The van der Waals surface area contributed by atoms with Crippen molar-refractivity contribution in [1.82, 2.24) is 0 Å². The minimum Gasteiger partial charge on any atom is 0 e. The van der Waals surface area contributed by atoms with Gasteiger partial charge in [0.05, 0.1) is 0 Å². The first kappa shape index (κ1) is 36.1. The van der Waals surface area contributed by atoms with Crippen molar-refractivity contribution in [2.75, 3.05) is 0 Å². The van der Waals surface area contributed by atoms with Crippen LogP contribution in [0.1, 0.15) is 0 Å². The average molecular weight is 335 g/mol. The van der Waals surface area contributed by atoms with Crippen LogP contribution < -0.4 is 0 Å². The van der Waals surface area contributed by atoms with Gasteiger partial charge < -0.3 is 0 Å². The van der Waals surface area contributed by atoms with Gasteiger partial charge in [-0.25, -0.2) is 0 Å². The molecule has 0 fully saturated rings. The molecule has 12 radical (unpaired) electrons. The Morgan fingerprint density at radius 1 is 1.00 bits per heavy atom. The molecule has 0 aromatic carbocycles. The summed E-state index contributed by atoms with van der Waals surface area (Å²) in [5.74, 6) is 0. The van der Waals surface area contributed by atoms with E-state index < -0.39 is 0 Å². The first-order valence-electron chi connectivity index (χ1n) is 0. The Labute approximate surface area is 69.9 Å². The minimum absolute atomic E-state index is 0. The molecule has 0 amide bonds. The molecule has 0 aliphatic rings. The Morgan fingerprint density at radius 2 is 1.00 bits per heavy atom. The second-order valence-electron chi connectivity index (χ2n) is 0. The summed E-state index contributed by atoms with van der Waals surface area (Å²) in [5, 5.41) is 0. The van der Waals surface area contributed by atoms with Gasteiger partial charge in [-0.2, -0.15) is 0 Å². The van der Waals surface area contributed by atoms with Gasteiger partial charge in [0.1, 0.15) is 0 Å². The Bertz CT molecular complexity index is 8.00. The zero-order valence-corrected chi connectivity index (χ0v) is 9.10. The predicted molar refractivity (Wildman–Crippen MR) is 17.9 cm³/mol. The maximum Gasteiger partial charge on any atom is 0 e. The molecular weight excluding hydrogens is 335 g/mol. The van der Waals surface area contributed by atoms with Crippen LogP contribution in [0, 0.1) is 0 Å². The summed E-state index contributed by atoms with van der Waals surface area (Å²) >= 11 is 0. The molecule has 20 valence electrons. The van der Waals surface area contributed by atoms with Crippen molar-refractivity contribution in [1.29, 1.82) is 0 Å². The molecule has 0 N–H and O–H groups in total. The molecule has 0 aromatic rings. The number of rotatable bonds is 0. The second kappa shape index (κ2) is 19.5. The van der Waals surface area contributed by atoms with E-state index in [9.17, 15) is 0 Å². The maximum atomic E-state index is 0. The number of hydrogen-bond donors (Lipinski definition) is 0. The smallest absolute Gasteiger partial charge is 0 e. The topological polar surface area (TPSA) is 28.5 Å². The standard InChI is InChI=1S/Ge.O.Sn.Te. The zero-order chi connectivity index (χ0) is 0. The summed E-state index contributed by atoms with van der Waals surface area (Å²) in [6, 6.07) is 0. The normalized spacial score (nSPS) is 0. The van der Waals surface area contributed by atoms with Crippen molar-refractivity contribution in [2.24, 2.45) is 0 Å². The average Bonchev–Trinajstić information content (AvgIpc) is 0. The van der Waals surface area contributed by atoms with Gasteiger partial charge in [0.15, 0.2) is 0 Å². The summed E-state index contributed by atoms with van der Waals surface area (Å²) < 4.78 is 0. The Balaban J connectivity index is 0. The van der Waals surface area contributed by atoms with E-state index in [1.165, 1.54) is 0 Å². The maximum absolute atomic E-state index is 0. The first-order chi connectivity index (χ1) is 0. The van der Waals surface area contributed by atoms with Crippen LogP contribution in [-0.2, 0) is 5.48 Å². The van der Waals surface area contributed by atoms with Gasteiger partial charge in [0.2, 0.25) is 0 Å². The monoisotopic (exact) mass is 340 g/mol. The van der Waals surface area contributed by atoms with Crippen LogP contribution in [0.3, 0.4) is 0 Å². The molecule has 0 bridgehead atoms. The Morgan fingerprint density at radius 3 is 1.00 bits per heavy atom. The first-order valence-corrected chi connectivity index (χ1v) is 0. The van der Waals surface area contributed by atoms with Crippen LogP contribution in [0.4, 0.5) is 0 Å². The van der Waals surface area contributed by atoms with Gasteiger partial charge >= 0.3 is 0 Å². The van der Waals surface area contributed by atoms with Crippen molar-refractivity contribution in [3.63, 3.8) is 0 Å². The van der Waals surface area contributed by atoms with E-state index in [2.05, 4.69) is 0 Å².